The van der Waals surface area contributed by atoms with Crippen LogP contribution in [0.4, 0.5) is 4.79 Å². The summed E-state index contributed by atoms with van der Waals surface area (Å²) < 4.78 is 0. The van der Waals surface area contributed by atoms with Gasteiger partial charge in [0.2, 0.25) is 0 Å². The molecule has 24 heavy (non-hydrogen) atoms. The predicted molar refractivity (Wildman–Crippen MR) is 98.7 cm³/mol. The fourth-order valence-corrected chi connectivity index (χ4v) is 3.98. The molecule has 1 aliphatic heterocycles. The van der Waals surface area contributed by atoms with E-state index in [4.69, 9.17) is 23.2 Å². The van der Waals surface area contributed by atoms with Crippen molar-refractivity contribution in [3.63, 3.8) is 0 Å². The molecule has 0 aromatic heterocycles. The van der Waals surface area contributed by atoms with Crippen LogP contribution in [0.3, 0.4) is 0 Å². The Morgan fingerprint density at radius 2 is 1.79 bits per heavy atom. The topological polar surface area (TPSA) is 35.6 Å². The smallest absolute Gasteiger partial charge is 0.317 e. The highest BCUT2D eigenvalue weighted by Crippen LogP contribution is 2.23. The number of nitrogens with one attached hydrogen (secondary N) is 1. The van der Waals surface area contributed by atoms with E-state index in [1.165, 1.54) is 19.3 Å². The Labute approximate surface area is 154 Å². The van der Waals surface area contributed by atoms with Crippen LogP contribution in [0.5, 0.6) is 0 Å². The summed E-state index contributed by atoms with van der Waals surface area (Å²) in [6.45, 7) is 4.08. The van der Waals surface area contributed by atoms with Crippen molar-refractivity contribution in [3.8, 4) is 0 Å². The third-order valence-electron chi connectivity index (χ3n) is 5.00. The molecule has 3 rings (SSSR count). The minimum Gasteiger partial charge on any atom is -0.335 e. The van der Waals surface area contributed by atoms with Crippen molar-refractivity contribution in [1.29, 1.82) is 0 Å². The Kier molecular flexibility index (Phi) is 6.25. The summed E-state index contributed by atoms with van der Waals surface area (Å²) in [5, 5.41) is 4.57. The number of benzene rings is 1. The van der Waals surface area contributed by atoms with Crippen LogP contribution in [0.1, 0.15) is 37.7 Å². The molecule has 1 aliphatic carbocycles. The molecule has 1 aromatic carbocycles. The van der Waals surface area contributed by atoms with Crippen LogP contribution in [-0.2, 0) is 6.54 Å². The minimum atomic E-state index is 0.103. The third kappa shape index (κ3) is 4.78. The van der Waals surface area contributed by atoms with Gasteiger partial charge in [0.25, 0.3) is 0 Å². The van der Waals surface area contributed by atoms with E-state index in [0.717, 1.165) is 51.1 Å². The molecule has 2 aliphatic rings. The maximum atomic E-state index is 12.4. The van der Waals surface area contributed by atoms with Gasteiger partial charge in [-0.2, -0.15) is 0 Å². The number of halogens is 2. The van der Waals surface area contributed by atoms with Gasteiger partial charge in [0.15, 0.2) is 0 Å². The monoisotopic (exact) mass is 369 g/mol. The summed E-state index contributed by atoms with van der Waals surface area (Å²) in [6.07, 6.45) is 6.03. The van der Waals surface area contributed by atoms with Gasteiger partial charge in [-0.3, -0.25) is 4.90 Å². The number of urea groups is 1. The van der Waals surface area contributed by atoms with E-state index in [-0.39, 0.29) is 6.03 Å². The lowest BCUT2D eigenvalue weighted by Crippen LogP contribution is -2.53. The van der Waals surface area contributed by atoms with Crippen LogP contribution < -0.4 is 5.32 Å². The normalized spacial score (nSPS) is 20.2. The van der Waals surface area contributed by atoms with E-state index < -0.39 is 0 Å². The molecular weight excluding hydrogens is 345 g/mol. The van der Waals surface area contributed by atoms with Gasteiger partial charge in [-0.25, -0.2) is 4.79 Å². The first-order valence-electron chi connectivity index (χ1n) is 8.83. The van der Waals surface area contributed by atoms with Crippen LogP contribution in [-0.4, -0.2) is 48.1 Å². The van der Waals surface area contributed by atoms with E-state index in [1.807, 2.05) is 17.0 Å². The van der Waals surface area contributed by atoms with Gasteiger partial charge in [0, 0.05) is 48.8 Å². The Morgan fingerprint density at radius 3 is 2.46 bits per heavy atom. The summed E-state index contributed by atoms with van der Waals surface area (Å²) >= 11 is 12.2. The molecule has 0 spiro atoms. The summed E-state index contributed by atoms with van der Waals surface area (Å²) in [7, 11) is 0. The van der Waals surface area contributed by atoms with Gasteiger partial charge < -0.3 is 10.2 Å². The largest absolute Gasteiger partial charge is 0.335 e. The number of carbonyl (C=O) groups is 1. The fraction of sp³-hybridized carbons (Fsp3) is 0.611. The zero-order valence-electron chi connectivity index (χ0n) is 13.9. The van der Waals surface area contributed by atoms with Gasteiger partial charge in [-0.15, -0.1) is 0 Å². The van der Waals surface area contributed by atoms with Gasteiger partial charge in [-0.05, 0) is 30.5 Å². The predicted octanol–water partition coefficient (Wildman–Crippen LogP) is 4.15. The molecule has 1 heterocycles. The molecule has 132 valence electrons. The number of rotatable bonds is 3. The molecule has 0 atom stereocenters. The first-order valence-corrected chi connectivity index (χ1v) is 9.59. The lowest BCUT2D eigenvalue weighted by molar-refractivity contribution is 0.132. The van der Waals surface area contributed by atoms with Crippen molar-refractivity contribution in [2.45, 2.75) is 44.7 Å². The van der Waals surface area contributed by atoms with E-state index in [1.54, 1.807) is 6.07 Å². The van der Waals surface area contributed by atoms with Gasteiger partial charge >= 0.3 is 6.03 Å². The number of hydrogen-bond donors (Lipinski definition) is 1. The molecule has 6 heteroatoms. The highest BCUT2D eigenvalue weighted by Gasteiger charge is 2.24. The van der Waals surface area contributed by atoms with Crippen LogP contribution in [0.2, 0.25) is 10.0 Å². The fourth-order valence-electron chi connectivity index (χ4n) is 3.51. The van der Waals surface area contributed by atoms with Crippen molar-refractivity contribution < 1.29 is 4.79 Å². The molecule has 0 radical (unpaired) electrons. The van der Waals surface area contributed by atoms with Crippen molar-refractivity contribution in [3.05, 3.63) is 33.8 Å². The second kappa shape index (κ2) is 8.41. The summed E-state index contributed by atoms with van der Waals surface area (Å²) in [6, 6.07) is 6.11. The Morgan fingerprint density at radius 1 is 1.08 bits per heavy atom. The first-order chi connectivity index (χ1) is 11.6. The number of hydrogen-bond acceptors (Lipinski definition) is 2. The number of carbonyl (C=O) groups excluding carboxylic acids is 1. The maximum Gasteiger partial charge on any atom is 0.317 e. The molecule has 0 unspecified atom stereocenters. The summed E-state index contributed by atoms with van der Waals surface area (Å²) in [5.74, 6) is 0. The van der Waals surface area contributed by atoms with Crippen LogP contribution >= 0.6 is 23.2 Å². The van der Waals surface area contributed by atoms with Crippen molar-refractivity contribution >= 4 is 29.2 Å². The lowest BCUT2D eigenvalue weighted by Gasteiger charge is -2.36. The van der Waals surface area contributed by atoms with Crippen LogP contribution in [0.15, 0.2) is 18.2 Å². The first kappa shape index (κ1) is 17.8. The van der Waals surface area contributed by atoms with E-state index in [2.05, 4.69) is 10.2 Å². The van der Waals surface area contributed by atoms with E-state index in [9.17, 15) is 4.79 Å². The van der Waals surface area contributed by atoms with E-state index >= 15 is 0 Å². The highest BCUT2D eigenvalue weighted by atomic mass is 35.5. The molecular formula is C18H25Cl2N3O. The lowest BCUT2D eigenvalue weighted by atomic mass is 9.96. The van der Waals surface area contributed by atoms with E-state index in [0.29, 0.717) is 16.1 Å². The summed E-state index contributed by atoms with van der Waals surface area (Å²) in [5.41, 5.74) is 1.08. The quantitative estimate of drug-likeness (QED) is 0.868. The zero-order valence-corrected chi connectivity index (χ0v) is 15.5. The highest BCUT2D eigenvalue weighted by molar-refractivity contribution is 6.35. The second-order valence-corrected chi connectivity index (χ2v) is 7.63. The molecule has 1 saturated carbocycles. The van der Waals surface area contributed by atoms with Crippen molar-refractivity contribution in [2.75, 3.05) is 26.2 Å². The van der Waals surface area contributed by atoms with Crippen molar-refractivity contribution in [1.82, 2.24) is 15.1 Å². The average Bonchev–Trinajstić information content (AvgIpc) is 2.59. The number of amides is 2. The average molecular weight is 370 g/mol. The third-order valence-corrected chi connectivity index (χ3v) is 5.59. The Balaban J connectivity index is 1.45. The molecule has 1 N–H and O–H groups in total. The number of nitrogens with zero attached hydrogens (tertiary/aromatic N) is 2. The van der Waals surface area contributed by atoms with Crippen molar-refractivity contribution in [2.24, 2.45) is 0 Å². The Hall–Kier alpha value is -0.970. The summed E-state index contributed by atoms with van der Waals surface area (Å²) in [4.78, 5) is 16.7. The Bertz CT molecular complexity index is 567. The van der Waals surface area contributed by atoms with Gasteiger partial charge in [-0.1, -0.05) is 48.5 Å². The SMILES string of the molecule is O=C(NC1CCCCC1)N1CCN(Cc2ccc(Cl)cc2Cl)CC1. The standard InChI is InChI=1S/C18H25Cl2N3O/c19-15-7-6-14(17(20)12-15)13-22-8-10-23(11-9-22)18(24)21-16-4-2-1-3-5-16/h6-7,12,16H,1-5,8-11,13H2,(H,21,24). The molecule has 1 aromatic rings. The molecule has 1 saturated heterocycles. The van der Waals surface area contributed by atoms with Crippen LogP contribution in [0.25, 0.3) is 0 Å². The van der Waals surface area contributed by atoms with Crippen LogP contribution in [0, 0.1) is 0 Å². The van der Waals surface area contributed by atoms with Gasteiger partial charge in [0.1, 0.15) is 0 Å². The molecule has 4 nitrogen and oxygen atoms in total. The molecule has 2 amide bonds. The maximum absolute atomic E-state index is 12.4. The number of piperazine rings is 1. The molecule has 0 bridgehead atoms. The second-order valence-electron chi connectivity index (χ2n) is 6.78. The minimum absolute atomic E-state index is 0.103. The molecule has 2 fully saturated rings. The van der Waals surface area contributed by atoms with Gasteiger partial charge in [0.05, 0.1) is 0 Å². The zero-order chi connectivity index (χ0) is 16.9.